The van der Waals surface area contributed by atoms with Gasteiger partial charge in [-0.25, -0.2) is 14.0 Å². The fraction of sp³-hybridized carbons (Fsp3) is 0.333. The third-order valence-electron chi connectivity index (χ3n) is 4.17. The van der Waals surface area contributed by atoms with E-state index in [4.69, 9.17) is 19.9 Å². The summed E-state index contributed by atoms with van der Waals surface area (Å²) in [5.74, 6) is -1.46. The zero-order valence-corrected chi connectivity index (χ0v) is 16.7. The van der Waals surface area contributed by atoms with E-state index in [9.17, 15) is 14.4 Å². The van der Waals surface area contributed by atoms with E-state index in [0.29, 0.717) is 5.56 Å². The van der Waals surface area contributed by atoms with Crippen molar-refractivity contribution in [3.8, 4) is 0 Å². The van der Waals surface area contributed by atoms with E-state index in [1.807, 2.05) is 0 Å². The minimum absolute atomic E-state index is 0.0652. The van der Waals surface area contributed by atoms with Gasteiger partial charge < -0.3 is 19.9 Å². The molecule has 1 aliphatic heterocycles. The molecule has 1 aliphatic rings. The Hall–Kier alpha value is -2.79. The Morgan fingerprint density at radius 3 is 2.69 bits per heavy atom. The smallest absolute Gasteiger partial charge is 0.351 e. The van der Waals surface area contributed by atoms with Crippen molar-refractivity contribution in [1.29, 1.82) is 0 Å². The van der Waals surface area contributed by atoms with Crippen LogP contribution < -0.4 is 11.4 Å². The highest BCUT2D eigenvalue weighted by atomic mass is 79.9. The number of nitrogens with two attached hydrogens (primary N) is 1. The number of carbonyl (C=O) groups excluding carboxylic acids is 2. The predicted molar refractivity (Wildman–Crippen MR) is 102 cm³/mol. The number of benzene rings is 1. The van der Waals surface area contributed by atoms with Gasteiger partial charge in [0.05, 0.1) is 10.0 Å². The Kier molecular flexibility index (Phi) is 6.28. The van der Waals surface area contributed by atoms with Crippen LogP contribution in [0.2, 0.25) is 0 Å². The van der Waals surface area contributed by atoms with Crippen molar-refractivity contribution >= 4 is 33.7 Å². The van der Waals surface area contributed by atoms with Gasteiger partial charge in [-0.15, -0.1) is 0 Å². The van der Waals surface area contributed by atoms with E-state index >= 15 is 4.39 Å². The lowest BCUT2D eigenvalue weighted by Crippen LogP contribution is -2.37. The first kappa shape index (κ1) is 20.9. The summed E-state index contributed by atoms with van der Waals surface area (Å²) in [4.78, 5) is 39.2. The van der Waals surface area contributed by atoms with Gasteiger partial charge in [0, 0.05) is 13.1 Å². The largest absolute Gasteiger partial charge is 0.459 e. The second kappa shape index (κ2) is 8.70. The normalized spacial score (nSPS) is 23.6. The summed E-state index contributed by atoms with van der Waals surface area (Å²) in [5, 5.41) is 0. The molecule has 0 radical (unpaired) electrons. The number of carbonyl (C=O) groups is 2. The molecule has 2 heterocycles. The van der Waals surface area contributed by atoms with Crippen LogP contribution in [0.5, 0.6) is 0 Å². The first-order valence-electron chi connectivity index (χ1n) is 8.51. The van der Waals surface area contributed by atoms with Crippen LogP contribution in [-0.2, 0) is 19.0 Å². The van der Waals surface area contributed by atoms with E-state index in [0.717, 1.165) is 11.5 Å². The second-order valence-corrected chi connectivity index (χ2v) is 7.07. The maximum absolute atomic E-state index is 15.0. The molecule has 0 aliphatic carbocycles. The highest BCUT2D eigenvalue weighted by Gasteiger charge is 2.49. The number of hydrogen-bond acceptors (Lipinski definition) is 8. The first-order chi connectivity index (χ1) is 13.8. The lowest BCUT2D eigenvalue weighted by Gasteiger charge is -2.18. The van der Waals surface area contributed by atoms with Gasteiger partial charge in [-0.2, -0.15) is 4.98 Å². The molecule has 154 valence electrons. The van der Waals surface area contributed by atoms with Gasteiger partial charge in [0.25, 0.3) is 0 Å². The SMILES string of the molecule is CC(=O)O[C@H]1[C@H](F)[C@H](n2cc(Br)c(N)nc2=O)O[C@@H]1COC(=O)c1ccccc1. The molecule has 0 saturated carbocycles. The second-order valence-electron chi connectivity index (χ2n) is 6.21. The molecule has 9 nitrogen and oxygen atoms in total. The molecule has 2 aromatic rings. The Balaban J connectivity index is 1.80. The van der Waals surface area contributed by atoms with Crippen LogP contribution in [0.4, 0.5) is 10.2 Å². The molecule has 1 aromatic heterocycles. The quantitative estimate of drug-likeness (QED) is 0.655. The standard InChI is InChI=1S/C18H17BrFN3O6/c1-9(24)28-14-12(8-27-17(25)10-5-3-2-4-6-10)29-16(13(14)20)23-7-11(19)15(21)22-18(23)26/h2-7,12-14,16H,8H2,1H3,(H2,21,22,26)/t12-,13+,14-,16-/m1/s1. The highest BCUT2D eigenvalue weighted by molar-refractivity contribution is 9.10. The molecule has 0 amide bonds. The molecule has 0 spiro atoms. The minimum atomic E-state index is -1.91. The summed E-state index contributed by atoms with van der Waals surface area (Å²) < 4.78 is 31.9. The summed E-state index contributed by atoms with van der Waals surface area (Å²) in [7, 11) is 0. The van der Waals surface area contributed by atoms with Gasteiger partial charge in [-0.3, -0.25) is 9.36 Å². The number of aromatic nitrogens is 2. The predicted octanol–water partition coefficient (Wildman–Crippen LogP) is 1.61. The van der Waals surface area contributed by atoms with Crippen molar-refractivity contribution in [2.45, 2.75) is 31.5 Å². The number of rotatable bonds is 5. The van der Waals surface area contributed by atoms with E-state index in [1.54, 1.807) is 30.3 Å². The maximum atomic E-state index is 15.0. The van der Waals surface area contributed by atoms with Gasteiger partial charge in [0.1, 0.15) is 18.5 Å². The van der Waals surface area contributed by atoms with Crippen LogP contribution in [0.25, 0.3) is 0 Å². The van der Waals surface area contributed by atoms with Crippen molar-refractivity contribution in [1.82, 2.24) is 9.55 Å². The lowest BCUT2D eigenvalue weighted by molar-refractivity contribution is -0.152. The third-order valence-corrected chi connectivity index (χ3v) is 4.78. The highest BCUT2D eigenvalue weighted by Crippen LogP contribution is 2.34. The van der Waals surface area contributed by atoms with Gasteiger partial charge in [-0.1, -0.05) is 18.2 Å². The van der Waals surface area contributed by atoms with Crippen LogP contribution >= 0.6 is 15.9 Å². The average Bonchev–Trinajstić information content (AvgIpc) is 2.98. The molecule has 0 bridgehead atoms. The summed E-state index contributed by atoms with van der Waals surface area (Å²) in [6.45, 7) is 0.724. The monoisotopic (exact) mass is 469 g/mol. The fourth-order valence-electron chi connectivity index (χ4n) is 2.84. The Morgan fingerprint density at radius 1 is 1.34 bits per heavy atom. The number of halogens is 2. The lowest BCUT2D eigenvalue weighted by atomic mass is 10.1. The number of nitrogen functional groups attached to an aromatic ring is 1. The Morgan fingerprint density at radius 2 is 2.03 bits per heavy atom. The number of hydrogen-bond donors (Lipinski definition) is 1. The summed E-state index contributed by atoms with van der Waals surface area (Å²) >= 11 is 3.11. The van der Waals surface area contributed by atoms with Crippen LogP contribution in [0, 0.1) is 0 Å². The van der Waals surface area contributed by atoms with E-state index < -0.39 is 42.2 Å². The molecule has 4 atom stereocenters. The molecule has 1 aromatic carbocycles. The average molecular weight is 470 g/mol. The van der Waals surface area contributed by atoms with E-state index in [-0.39, 0.29) is 16.9 Å². The van der Waals surface area contributed by atoms with Crippen molar-refractivity contribution < 1.29 is 28.2 Å². The number of nitrogens with zero attached hydrogens (tertiary/aromatic N) is 2. The summed E-state index contributed by atoms with van der Waals surface area (Å²) in [6.07, 6.45) is -4.64. The molecule has 1 saturated heterocycles. The van der Waals surface area contributed by atoms with Crippen molar-refractivity contribution in [2.24, 2.45) is 0 Å². The Bertz CT molecular complexity index is 970. The molecule has 2 N–H and O–H groups in total. The number of esters is 2. The molecule has 1 fully saturated rings. The molecular weight excluding hydrogens is 453 g/mol. The van der Waals surface area contributed by atoms with Crippen molar-refractivity contribution in [3.63, 3.8) is 0 Å². The summed E-state index contributed by atoms with van der Waals surface area (Å²) in [6, 6.07) is 8.17. The number of ether oxygens (including phenoxy) is 3. The van der Waals surface area contributed by atoms with Gasteiger partial charge in [0.2, 0.25) is 0 Å². The van der Waals surface area contributed by atoms with Crippen LogP contribution in [0.3, 0.4) is 0 Å². The van der Waals surface area contributed by atoms with Gasteiger partial charge >= 0.3 is 17.6 Å². The molecule has 0 unspecified atom stereocenters. The topological polar surface area (TPSA) is 123 Å². The molecular formula is C18H17BrFN3O6. The Labute approximate surface area is 172 Å². The van der Waals surface area contributed by atoms with E-state index in [1.165, 1.54) is 6.20 Å². The first-order valence-corrected chi connectivity index (χ1v) is 9.30. The van der Waals surface area contributed by atoms with Gasteiger partial charge in [-0.05, 0) is 28.1 Å². The third kappa shape index (κ3) is 4.62. The zero-order valence-electron chi connectivity index (χ0n) is 15.2. The maximum Gasteiger partial charge on any atom is 0.351 e. The number of alkyl halides is 1. The molecule has 3 rings (SSSR count). The van der Waals surface area contributed by atoms with Crippen LogP contribution in [-0.4, -0.2) is 46.5 Å². The zero-order chi connectivity index (χ0) is 21.1. The summed E-state index contributed by atoms with van der Waals surface area (Å²) in [5.41, 5.74) is 5.00. The van der Waals surface area contributed by atoms with Crippen LogP contribution in [0.15, 0.2) is 45.8 Å². The molecule has 11 heteroatoms. The van der Waals surface area contributed by atoms with Crippen molar-refractivity contribution in [2.75, 3.05) is 12.3 Å². The number of anilines is 1. The van der Waals surface area contributed by atoms with E-state index in [2.05, 4.69) is 20.9 Å². The fourth-order valence-corrected chi connectivity index (χ4v) is 3.15. The molecule has 29 heavy (non-hydrogen) atoms. The minimum Gasteiger partial charge on any atom is -0.459 e. The van der Waals surface area contributed by atoms with Crippen LogP contribution in [0.1, 0.15) is 23.5 Å². The van der Waals surface area contributed by atoms with Gasteiger partial charge in [0.15, 0.2) is 18.5 Å². The van der Waals surface area contributed by atoms with Crippen molar-refractivity contribution in [3.05, 3.63) is 57.0 Å².